The van der Waals surface area contributed by atoms with Crippen LogP contribution in [0.25, 0.3) is 11.4 Å². The molecule has 1 aliphatic rings. The summed E-state index contributed by atoms with van der Waals surface area (Å²) in [7, 11) is 0. The Hall–Kier alpha value is -2.70. The molecule has 1 saturated heterocycles. The van der Waals surface area contributed by atoms with Crippen LogP contribution in [0.3, 0.4) is 0 Å². The quantitative estimate of drug-likeness (QED) is 0.627. The summed E-state index contributed by atoms with van der Waals surface area (Å²) in [6.07, 6.45) is 0. The molecule has 0 saturated carbocycles. The lowest BCUT2D eigenvalue weighted by Crippen LogP contribution is -2.43. The predicted octanol–water partition coefficient (Wildman–Crippen LogP) is 4.57. The second-order valence-corrected chi connectivity index (χ2v) is 7.92. The molecule has 2 aromatic carbocycles. The van der Waals surface area contributed by atoms with Gasteiger partial charge >= 0.3 is 0 Å². The summed E-state index contributed by atoms with van der Waals surface area (Å²) in [4.78, 5) is 11.7. The zero-order valence-corrected chi connectivity index (χ0v) is 17.9. The van der Waals surface area contributed by atoms with Gasteiger partial charge in [-0.05, 0) is 50.2 Å². The topological polar surface area (TPSA) is 53.1 Å². The molecule has 156 valence electrons. The lowest BCUT2D eigenvalue weighted by molar-refractivity contribution is 0.589. The summed E-state index contributed by atoms with van der Waals surface area (Å²) >= 11 is 5.84. The summed E-state index contributed by atoms with van der Waals surface area (Å²) in [5, 5.41) is 7.01. The molecule has 3 aromatic rings. The Morgan fingerprint density at radius 3 is 2.50 bits per heavy atom. The van der Waals surface area contributed by atoms with Gasteiger partial charge in [0, 0.05) is 65.8 Å². The van der Waals surface area contributed by atoms with E-state index in [1.807, 2.05) is 13.8 Å². The molecule has 0 unspecified atom stereocenters. The number of nitrogens with zero attached hydrogens (tertiary/aromatic N) is 3. The highest BCUT2D eigenvalue weighted by Gasteiger charge is 2.13. The first-order valence-corrected chi connectivity index (χ1v) is 10.5. The molecule has 1 aromatic heterocycles. The second kappa shape index (κ2) is 8.98. The van der Waals surface area contributed by atoms with Gasteiger partial charge in [0.05, 0.1) is 0 Å². The van der Waals surface area contributed by atoms with E-state index in [2.05, 4.69) is 44.8 Å². The van der Waals surface area contributed by atoms with Crippen molar-refractivity contribution in [1.29, 1.82) is 0 Å². The Labute approximate surface area is 181 Å². The van der Waals surface area contributed by atoms with E-state index in [-0.39, 0.29) is 5.82 Å². The third kappa shape index (κ3) is 4.55. The summed E-state index contributed by atoms with van der Waals surface area (Å²) in [6, 6.07) is 13.1. The first-order chi connectivity index (χ1) is 14.5. The minimum absolute atomic E-state index is 0.321. The van der Waals surface area contributed by atoms with Gasteiger partial charge in [-0.15, -0.1) is 0 Å². The number of rotatable bonds is 5. The highest BCUT2D eigenvalue weighted by Crippen LogP contribution is 2.25. The van der Waals surface area contributed by atoms with Crippen LogP contribution in [0.4, 0.5) is 15.9 Å². The first-order valence-electron chi connectivity index (χ1n) is 10.1. The van der Waals surface area contributed by atoms with Crippen molar-refractivity contribution in [2.45, 2.75) is 20.4 Å². The van der Waals surface area contributed by atoms with Gasteiger partial charge in [0.25, 0.3) is 0 Å². The molecule has 7 heteroatoms. The number of aromatic nitrogens is 2. The van der Waals surface area contributed by atoms with E-state index in [4.69, 9.17) is 16.6 Å². The van der Waals surface area contributed by atoms with Crippen molar-refractivity contribution < 1.29 is 4.39 Å². The summed E-state index contributed by atoms with van der Waals surface area (Å²) < 4.78 is 14.1. The summed E-state index contributed by atoms with van der Waals surface area (Å²) in [6.45, 7) is 8.28. The monoisotopic (exact) mass is 425 g/mol. The van der Waals surface area contributed by atoms with Crippen LogP contribution >= 0.6 is 11.6 Å². The van der Waals surface area contributed by atoms with Crippen LogP contribution in [0, 0.1) is 19.7 Å². The summed E-state index contributed by atoms with van der Waals surface area (Å²) in [5.74, 6) is 1.03. The fourth-order valence-electron chi connectivity index (χ4n) is 3.52. The van der Waals surface area contributed by atoms with Crippen LogP contribution in [-0.4, -0.2) is 36.1 Å². The van der Waals surface area contributed by atoms with Gasteiger partial charge in [0.15, 0.2) is 5.82 Å². The molecule has 0 bridgehead atoms. The summed E-state index contributed by atoms with van der Waals surface area (Å²) in [5.41, 5.74) is 4.55. The average Bonchev–Trinajstić information content (AvgIpc) is 2.76. The van der Waals surface area contributed by atoms with Gasteiger partial charge in [-0.25, -0.2) is 14.4 Å². The Kier molecular flexibility index (Phi) is 6.16. The van der Waals surface area contributed by atoms with Gasteiger partial charge in [0.1, 0.15) is 11.6 Å². The fraction of sp³-hybridized carbons (Fsp3) is 0.304. The van der Waals surface area contributed by atoms with Crippen molar-refractivity contribution in [3.8, 4) is 11.4 Å². The van der Waals surface area contributed by atoms with Crippen LogP contribution in [0.2, 0.25) is 5.02 Å². The van der Waals surface area contributed by atoms with E-state index >= 15 is 0 Å². The smallest absolute Gasteiger partial charge is 0.161 e. The molecule has 0 spiro atoms. The van der Waals surface area contributed by atoms with Crippen molar-refractivity contribution >= 4 is 23.1 Å². The number of halogens is 2. The molecular weight excluding hydrogens is 401 g/mol. The zero-order valence-electron chi connectivity index (χ0n) is 17.2. The molecule has 0 aliphatic carbocycles. The third-order valence-corrected chi connectivity index (χ3v) is 5.69. The Morgan fingerprint density at radius 1 is 1.07 bits per heavy atom. The number of hydrogen-bond acceptors (Lipinski definition) is 5. The highest BCUT2D eigenvalue weighted by atomic mass is 35.5. The van der Waals surface area contributed by atoms with Gasteiger partial charge < -0.3 is 15.5 Å². The molecule has 1 aliphatic heterocycles. The molecule has 0 radical (unpaired) electrons. The van der Waals surface area contributed by atoms with Crippen LogP contribution in [-0.2, 0) is 6.54 Å². The van der Waals surface area contributed by atoms with Gasteiger partial charge in [0.2, 0.25) is 0 Å². The van der Waals surface area contributed by atoms with Crippen LogP contribution in [0.15, 0.2) is 42.5 Å². The van der Waals surface area contributed by atoms with Crippen LogP contribution < -0.4 is 15.5 Å². The minimum atomic E-state index is -0.331. The lowest BCUT2D eigenvalue weighted by Gasteiger charge is -2.29. The standard InChI is InChI=1S/C23H25ClFN5/c1-15-16(2)28-23(17-4-7-20(8-5-17)30-11-9-26-10-12-30)29-22(15)27-14-18-3-6-19(24)13-21(18)25/h3-8,13,26H,9-12,14H2,1-2H3,(H,27,28,29). The van der Waals surface area contributed by atoms with Crippen molar-refractivity contribution in [1.82, 2.24) is 15.3 Å². The predicted molar refractivity (Wildman–Crippen MR) is 121 cm³/mol. The normalized spacial score (nSPS) is 14.1. The Balaban J connectivity index is 1.55. The maximum absolute atomic E-state index is 14.1. The number of benzene rings is 2. The van der Waals surface area contributed by atoms with Crippen molar-refractivity contribution in [3.05, 3.63) is 70.1 Å². The maximum atomic E-state index is 14.1. The van der Waals surface area contributed by atoms with Crippen LogP contribution in [0.5, 0.6) is 0 Å². The first kappa shape index (κ1) is 20.6. The molecule has 2 N–H and O–H groups in total. The zero-order chi connectivity index (χ0) is 21.1. The number of piperazine rings is 1. The molecule has 5 nitrogen and oxygen atoms in total. The molecule has 4 rings (SSSR count). The molecule has 0 amide bonds. The SMILES string of the molecule is Cc1nc(-c2ccc(N3CCNCC3)cc2)nc(NCc2ccc(Cl)cc2F)c1C. The molecule has 0 atom stereocenters. The Bertz CT molecular complexity index is 1030. The molecule has 1 fully saturated rings. The average molecular weight is 426 g/mol. The lowest BCUT2D eigenvalue weighted by atomic mass is 10.1. The fourth-order valence-corrected chi connectivity index (χ4v) is 3.68. The van der Waals surface area contributed by atoms with Gasteiger partial charge in [-0.3, -0.25) is 0 Å². The van der Waals surface area contributed by atoms with E-state index in [0.29, 0.717) is 28.8 Å². The van der Waals surface area contributed by atoms with Crippen molar-refractivity contribution in [2.75, 3.05) is 36.4 Å². The number of hydrogen-bond donors (Lipinski definition) is 2. The second-order valence-electron chi connectivity index (χ2n) is 7.48. The minimum Gasteiger partial charge on any atom is -0.369 e. The third-order valence-electron chi connectivity index (χ3n) is 5.46. The van der Waals surface area contributed by atoms with Crippen LogP contribution in [0.1, 0.15) is 16.8 Å². The van der Waals surface area contributed by atoms with E-state index in [0.717, 1.165) is 43.0 Å². The molecular formula is C23H25ClFN5. The number of nitrogens with one attached hydrogen (secondary N) is 2. The van der Waals surface area contributed by atoms with E-state index in [1.54, 1.807) is 12.1 Å². The molecule has 2 heterocycles. The van der Waals surface area contributed by atoms with E-state index < -0.39 is 0 Å². The largest absolute Gasteiger partial charge is 0.369 e. The van der Waals surface area contributed by atoms with Crippen molar-refractivity contribution in [3.63, 3.8) is 0 Å². The molecule has 30 heavy (non-hydrogen) atoms. The maximum Gasteiger partial charge on any atom is 0.161 e. The van der Waals surface area contributed by atoms with Gasteiger partial charge in [-0.1, -0.05) is 17.7 Å². The van der Waals surface area contributed by atoms with Gasteiger partial charge in [-0.2, -0.15) is 0 Å². The van der Waals surface area contributed by atoms with E-state index in [1.165, 1.54) is 11.8 Å². The Morgan fingerprint density at radius 2 is 1.80 bits per heavy atom. The van der Waals surface area contributed by atoms with Crippen molar-refractivity contribution in [2.24, 2.45) is 0 Å². The number of aryl methyl sites for hydroxylation is 1. The van der Waals surface area contributed by atoms with E-state index in [9.17, 15) is 4.39 Å². The number of anilines is 2. The highest BCUT2D eigenvalue weighted by molar-refractivity contribution is 6.30.